The molecule has 0 amide bonds. The third-order valence-electron chi connectivity index (χ3n) is 4.02. The van der Waals surface area contributed by atoms with Gasteiger partial charge in [0.05, 0.1) is 12.2 Å². The zero-order valence-electron chi connectivity index (χ0n) is 17.2. The minimum atomic E-state index is -4.35. The lowest BCUT2D eigenvalue weighted by molar-refractivity contribution is -0.153. The van der Waals surface area contributed by atoms with Crippen molar-refractivity contribution in [1.29, 1.82) is 0 Å². The number of aliphatic imine (C=N–C) groups is 1. The molecule has 1 N–H and O–H groups in total. The highest BCUT2D eigenvalue weighted by molar-refractivity contribution is 14.0. The summed E-state index contributed by atoms with van der Waals surface area (Å²) < 4.78 is 46.6. The Labute approximate surface area is 195 Å². The highest BCUT2D eigenvalue weighted by Gasteiger charge is 2.28. The van der Waals surface area contributed by atoms with E-state index in [4.69, 9.17) is 9.47 Å². The second-order valence-corrected chi connectivity index (χ2v) is 7.25. The van der Waals surface area contributed by atoms with Crippen LogP contribution < -0.4 is 10.1 Å². The molecule has 30 heavy (non-hydrogen) atoms. The van der Waals surface area contributed by atoms with Crippen molar-refractivity contribution in [2.45, 2.75) is 32.3 Å². The van der Waals surface area contributed by atoms with E-state index in [0.717, 1.165) is 16.3 Å². The smallest absolute Gasteiger partial charge is 0.422 e. The third-order valence-corrected chi connectivity index (χ3v) is 5.07. The molecule has 0 bridgehead atoms. The van der Waals surface area contributed by atoms with Crippen molar-refractivity contribution >= 4 is 41.3 Å². The van der Waals surface area contributed by atoms with Crippen LogP contribution in [0.5, 0.6) is 5.75 Å². The van der Waals surface area contributed by atoms with Gasteiger partial charge in [0, 0.05) is 33.1 Å². The van der Waals surface area contributed by atoms with Gasteiger partial charge in [-0.3, -0.25) is 4.99 Å². The van der Waals surface area contributed by atoms with Gasteiger partial charge in [-0.05, 0) is 24.6 Å². The van der Waals surface area contributed by atoms with Crippen LogP contribution in [0, 0.1) is 0 Å². The number of thiazole rings is 1. The maximum absolute atomic E-state index is 12.2. The first-order chi connectivity index (χ1) is 13.7. The molecule has 0 saturated heterocycles. The van der Waals surface area contributed by atoms with Crippen LogP contribution in [0.15, 0.2) is 34.6 Å². The van der Waals surface area contributed by atoms with Gasteiger partial charge in [-0.15, -0.1) is 35.3 Å². The minimum Gasteiger partial charge on any atom is -0.484 e. The summed E-state index contributed by atoms with van der Waals surface area (Å²) in [6.45, 7) is 1.70. The summed E-state index contributed by atoms with van der Waals surface area (Å²) in [5.74, 6) is 0.855. The van der Waals surface area contributed by atoms with Crippen LogP contribution in [-0.2, 0) is 17.8 Å². The minimum absolute atomic E-state index is 0. The summed E-state index contributed by atoms with van der Waals surface area (Å²) in [6.07, 6.45) is -4.39. The number of methoxy groups -OCH3 is 1. The van der Waals surface area contributed by atoms with Gasteiger partial charge in [-0.25, -0.2) is 4.98 Å². The quantitative estimate of drug-likeness (QED) is 0.291. The number of nitrogens with one attached hydrogen (secondary N) is 1. The van der Waals surface area contributed by atoms with Crippen molar-refractivity contribution in [3.8, 4) is 5.75 Å². The lowest BCUT2D eigenvalue weighted by Crippen LogP contribution is -2.38. The van der Waals surface area contributed by atoms with E-state index in [-0.39, 0.29) is 35.8 Å². The van der Waals surface area contributed by atoms with Crippen LogP contribution in [-0.4, -0.2) is 49.8 Å². The second-order valence-electron chi connectivity index (χ2n) is 6.36. The molecule has 2 aromatic rings. The van der Waals surface area contributed by atoms with Crippen molar-refractivity contribution in [2.75, 3.05) is 27.8 Å². The van der Waals surface area contributed by atoms with Gasteiger partial charge in [0.15, 0.2) is 12.6 Å². The van der Waals surface area contributed by atoms with E-state index in [9.17, 15) is 13.2 Å². The fraction of sp³-hybridized carbons (Fsp3) is 0.474. The number of hydrogen-bond acceptors (Lipinski definition) is 5. The summed E-state index contributed by atoms with van der Waals surface area (Å²) in [5.41, 5.74) is 1.81. The topological polar surface area (TPSA) is 59.0 Å². The van der Waals surface area contributed by atoms with Gasteiger partial charge >= 0.3 is 6.18 Å². The first-order valence-corrected chi connectivity index (χ1v) is 9.77. The van der Waals surface area contributed by atoms with Crippen molar-refractivity contribution in [3.63, 3.8) is 0 Å². The number of guanidine groups is 1. The largest absolute Gasteiger partial charge is 0.484 e. The van der Waals surface area contributed by atoms with E-state index in [1.54, 1.807) is 37.6 Å². The Morgan fingerprint density at radius 1 is 1.30 bits per heavy atom. The summed E-state index contributed by atoms with van der Waals surface area (Å²) >= 11 is 1.56. The SMILES string of the molecule is CN=C(NCc1ccc(OCC(F)(F)F)cc1)N(C)Cc1csc(C(C)OC)n1.I. The van der Waals surface area contributed by atoms with Crippen LogP contribution in [0.25, 0.3) is 0 Å². The highest BCUT2D eigenvalue weighted by Crippen LogP contribution is 2.21. The Hall–Kier alpha value is -1.60. The third kappa shape index (κ3) is 8.64. The molecule has 2 rings (SSSR count). The number of alkyl halides is 3. The molecule has 1 aromatic carbocycles. The zero-order chi connectivity index (χ0) is 21.4. The fourth-order valence-corrected chi connectivity index (χ4v) is 3.28. The van der Waals surface area contributed by atoms with Crippen LogP contribution >= 0.6 is 35.3 Å². The maximum atomic E-state index is 12.2. The standard InChI is InChI=1S/C19H25F3N4O2S.HI/c1-13(27-4)17-25-15(11-29-17)10-26(3)18(23-2)24-9-14-5-7-16(8-6-14)28-12-19(20,21)22;/h5-8,11,13H,9-10,12H2,1-4H3,(H,23,24);1H. The van der Waals surface area contributed by atoms with Gasteiger partial charge < -0.3 is 19.7 Å². The number of hydrogen-bond donors (Lipinski definition) is 1. The van der Waals surface area contributed by atoms with Crippen LogP contribution in [0.3, 0.4) is 0 Å². The van der Waals surface area contributed by atoms with Crippen LogP contribution in [0.4, 0.5) is 13.2 Å². The Bertz CT molecular complexity index is 800. The molecule has 0 saturated carbocycles. The number of rotatable bonds is 8. The van der Waals surface area contributed by atoms with Crippen molar-refractivity contribution in [3.05, 3.63) is 45.9 Å². The first kappa shape index (κ1) is 26.4. The van der Waals surface area contributed by atoms with E-state index in [1.165, 1.54) is 12.1 Å². The average molecular weight is 558 g/mol. The van der Waals surface area contributed by atoms with Crippen molar-refractivity contribution in [1.82, 2.24) is 15.2 Å². The van der Waals surface area contributed by atoms with Gasteiger partial charge in [-0.2, -0.15) is 13.2 Å². The summed E-state index contributed by atoms with van der Waals surface area (Å²) in [6, 6.07) is 6.46. The molecule has 0 aliphatic rings. The molecule has 0 spiro atoms. The van der Waals surface area contributed by atoms with Gasteiger partial charge in [0.2, 0.25) is 0 Å². The maximum Gasteiger partial charge on any atom is 0.422 e. The average Bonchev–Trinajstić information content (AvgIpc) is 3.15. The van der Waals surface area contributed by atoms with E-state index in [1.807, 2.05) is 24.3 Å². The Kier molecular flexibility index (Phi) is 10.8. The second kappa shape index (κ2) is 12.3. The monoisotopic (exact) mass is 558 g/mol. The van der Waals surface area contributed by atoms with E-state index < -0.39 is 12.8 Å². The highest BCUT2D eigenvalue weighted by atomic mass is 127. The molecule has 6 nitrogen and oxygen atoms in total. The molecule has 1 aromatic heterocycles. The predicted molar refractivity (Wildman–Crippen MR) is 123 cm³/mol. The van der Waals surface area contributed by atoms with Gasteiger partial charge in [0.25, 0.3) is 0 Å². The molecular formula is C19H26F3IN4O2S. The van der Waals surface area contributed by atoms with Crippen LogP contribution in [0.2, 0.25) is 0 Å². The molecule has 168 valence electrons. The molecule has 1 unspecified atom stereocenters. The van der Waals surface area contributed by atoms with Gasteiger partial charge in [-0.1, -0.05) is 12.1 Å². The lowest BCUT2D eigenvalue weighted by Gasteiger charge is -2.21. The Balaban J connectivity index is 0.00000450. The number of aromatic nitrogens is 1. The Morgan fingerprint density at radius 3 is 2.53 bits per heavy atom. The zero-order valence-corrected chi connectivity index (χ0v) is 20.3. The summed E-state index contributed by atoms with van der Waals surface area (Å²) in [4.78, 5) is 10.8. The molecule has 1 atom stereocenters. The molecule has 1 heterocycles. The lowest BCUT2D eigenvalue weighted by atomic mass is 10.2. The number of nitrogens with zero attached hydrogens (tertiary/aromatic N) is 3. The van der Waals surface area contributed by atoms with E-state index in [0.29, 0.717) is 19.0 Å². The molecule has 0 aliphatic carbocycles. The summed E-state index contributed by atoms with van der Waals surface area (Å²) in [7, 11) is 5.24. The Morgan fingerprint density at radius 2 is 1.97 bits per heavy atom. The number of ether oxygens (including phenoxy) is 2. The fourth-order valence-electron chi connectivity index (χ4n) is 2.44. The summed E-state index contributed by atoms with van der Waals surface area (Å²) in [5, 5.41) is 6.15. The van der Waals surface area contributed by atoms with Crippen LogP contribution in [0.1, 0.15) is 29.3 Å². The van der Waals surface area contributed by atoms with Crippen molar-refractivity contribution in [2.24, 2.45) is 4.99 Å². The number of benzene rings is 1. The van der Waals surface area contributed by atoms with E-state index in [2.05, 4.69) is 15.3 Å². The number of halogens is 4. The van der Waals surface area contributed by atoms with Crippen molar-refractivity contribution < 1.29 is 22.6 Å². The predicted octanol–water partition coefficient (Wildman–Crippen LogP) is 4.62. The van der Waals surface area contributed by atoms with E-state index >= 15 is 0 Å². The molecule has 11 heteroatoms. The van der Waals surface area contributed by atoms with Gasteiger partial charge in [0.1, 0.15) is 16.9 Å². The molecular weight excluding hydrogens is 532 g/mol. The molecule has 0 fully saturated rings. The normalized spacial score (nSPS) is 12.8. The molecule has 0 aliphatic heterocycles. The first-order valence-electron chi connectivity index (χ1n) is 8.89. The molecule has 0 radical (unpaired) electrons.